The van der Waals surface area contributed by atoms with Gasteiger partial charge in [-0.15, -0.1) is 0 Å². The Morgan fingerprint density at radius 1 is 1.26 bits per heavy atom. The third kappa shape index (κ3) is 5.80. The zero-order valence-electron chi connectivity index (χ0n) is 12.9. The van der Waals surface area contributed by atoms with Gasteiger partial charge in [-0.2, -0.15) is 0 Å². The van der Waals surface area contributed by atoms with Gasteiger partial charge < -0.3 is 15.7 Å². The molecule has 0 fully saturated rings. The molecule has 0 spiro atoms. The molecule has 0 saturated heterocycles. The van der Waals surface area contributed by atoms with Crippen LogP contribution in [0.4, 0.5) is 0 Å². The number of rotatable bonds is 9. The van der Waals surface area contributed by atoms with E-state index in [1.165, 1.54) is 6.92 Å². The molecule has 0 aromatic rings. The number of hydrogen-bond acceptors (Lipinski definition) is 5. The number of carbonyl (C=O) groups is 2. The first-order valence-electron chi connectivity index (χ1n) is 6.78. The molecule has 0 aliphatic carbocycles. The van der Waals surface area contributed by atoms with Crippen LogP contribution < -0.4 is 10.6 Å². The predicted octanol–water partition coefficient (Wildman–Crippen LogP) is 0.508. The molecule has 3 atom stereocenters. The van der Waals surface area contributed by atoms with Gasteiger partial charge in [0.2, 0.25) is 0 Å². The average Bonchev–Trinajstić information content (AvgIpc) is 2.29. The lowest BCUT2D eigenvalue weighted by molar-refractivity contribution is -0.129. The highest BCUT2D eigenvalue weighted by Crippen LogP contribution is 2.12. The second-order valence-electron chi connectivity index (χ2n) is 5.72. The minimum atomic E-state index is -0.957. The summed E-state index contributed by atoms with van der Waals surface area (Å²) in [5.41, 5.74) is -0.539. The maximum Gasteiger partial charge on any atom is 0.178 e. The molecule has 0 aliphatic rings. The number of aliphatic hydroxyl groups is 1. The quantitative estimate of drug-likeness (QED) is 0.570. The molecular weight excluding hydrogens is 244 g/mol. The lowest BCUT2D eigenvalue weighted by Gasteiger charge is -2.27. The van der Waals surface area contributed by atoms with Crippen molar-refractivity contribution in [3.05, 3.63) is 0 Å². The van der Waals surface area contributed by atoms with Crippen molar-refractivity contribution in [3.63, 3.8) is 0 Å². The molecule has 0 rings (SSSR count). The Morgan fingerprint density at radius 3 is 2.16 bits per heavy atom. The number of carbonyl (C=O) groups excluding carboxylic acids is 2. The highest BCUT2D eigenvalue weighted by Gasteiger charge is 2.27. The number of nitrogens with one attached hydrogen (secondary N) is 2. The van der Waals surface area contributed by atoms with E-state index in [4.69, 9.17) is 0 Å². The molecule has 0 heterocycles. The van der Waals surface area contributed by atoms with Crippen LogP contribution in [0, 0.1) is 5.92 Å². The van der Waals surface area contributed by atoms with Crippen LogP contribution in [0.15, 0.2) is 0 Å². The minimum absolute atomic E-state index is 0.0855. The molecule has 19 heavy (non-hydrogen) atoms. The molecule has 0 aliphatic heterocycles. The molecule has 5 nitrogen and oxygen atoms in total. The Bertz CT molecular complexity index is 314. The highest BCUT2D eigenvalue weighted by atomic mass is 16.3. The first kappa shape index (κ1) is 18.2. The van der Waals surface area contributed by atoms with Gasteiger partial charge in [-0.3, -0.25) is 9.59 Å². The van der Waals surface area contributed by atoms with E-state index in [1.54, 1.807) is 14.0 Å². The predicted molar refractivity (Wildman–Crippen MR) is 76.1 cm³/mol. The molecule has 0 aromatic heterocycles. The van der Waals surface area contributed by atoms with Crippen LogP contribution in [0.25, 0.3) is 0 Å². The number of likely N-dealkylation sites (N-methyl/N-ethyl adjacent to an activating group) is 1. The van der Waals surface area contributed by atoms with Crippen molar-refractivity contribution in [1.82, 2.24) is 10.6 Å². The van der Waals surface area contributed by atoms with Crippen molar-refractivity contribution < 1.29 is 14.7 Å². The van der Waals surface area contributed by atoms with E-state index >= 15 is 0 Å². The summed E-state index contributed by atoms with van der Waals surface area (Å²) in [7, 11) is 1.72. The molecular formula is C14H28N2O3. The van der Waals surface area contributed by atoms with Crippen LogP contribution in [-0.4, -0.2) is 48.0 Å². The van der Waals surface area contributed by atoms with Crippen LogP contribution in [0.2, 0.25) is 0 Å². The zero-order chi connectivity index (χ0) is 15.2. The summed E-state index contributed by atoms with van der Waals surface area (Å²) in [6.07, 6.45) is -0.206. The molecule has 0 aromatic carbocycles. The second-order valence-corrected chi connectivity index (χ2v) is 5.72. The van der Waals surface area contributed by atoms with Crippen molar-refractivity contribution in [2.45, 2.75) is 58.7 Å². The van der Waals surface area contributed by atoms with Gasteiger partial charge in [-0.05, 0) is 53.6 Å². The molecule has 0 amide bonds. The summed E-state index contributed by atoms with van der Waals surface area (Å²) in [4.78, 5) is 23.2. The molecule has 3 unspecified atom stereocenters. The first-order chi connectivity index (χ1) is 8.63. The summed E-state index contributed by atoms with van der Waals surface area (Å²) >= 11 is 0. The van der Waals surface area contributed by atoms with E-state index in [1.807, 2.05) is 20.8 Å². The topological polar surface area (TPSA) is 78.4 Å². The van der Waals surface area contributed by atoms with Crippen molar-refractivity contribution in [2.75, 3.05) is 13.6 Å². The Hall–Kier alpha value is -0.780. The standard InChI is InChI=1S/C14H28N2O3/c1-9(12(15-6)13(19)10(2)17)7-8-16-14(4,5)11(3)18/h9-10,12,15-17H,7-8H2,1-6H3. The Labute approximate surface area is 116 Å². The second kappa shape index (κ2) is 7.72. The maximum atomic E-state index is 11.8. The molecule has 0 saturated carbocycles. The van der Waals surface area contributed by atoms with Gasteiger partial charge in [-0.1, -0.05) is 6.92 Å². The first-order valence-corrected chi connectivity index (χ1v) is 6.78. The Morgan fingerprint density at radius 2 is 1.79 bits per heavy atom. The highest BCUT2D eigenvalue weighted by molar-refractivity contribution is 5.87. The molecule has 3 N–H and O–H groups in total. The van der Waals surface area contributed by atoms with Crippen molar-refractivity contribution in [3.8, 4) is 0 Å². The smallest absolute Gasteiger partial charge is 0.178 e. The lowest BCUT2D eigenvalue weighted by atomic mass is 9.92. The van der Waals surface area contributed by atoms with Gasteiger partial charge in [0.05, 0.1) is 11.6 Å². The largest absolute Gasteiger partial charge is 0.386 e. The minimum Gasteiger partial charge on any atom is -0.386 e. The van der Waals surface area contributed by atoms with Crippen LogP contribution in [0.3, 0.4) is 0 Å². The van der Waals surface area contributed by atoms with Crippen molar-refractivity contribution >= 4 is 11.6 Å². The van der Waals surface area contributed by atoms with Crippen LogP contribution in [0.1, 0.15) is 41.0 Å². The van der Waals surface area contributed by atoms with E-state index in [2.05, 4.69) is 10.6 Å². The third-order valence-electron chi connectivity index (χ3n) is 3.65. The van der Waals surface area contributed by atoms with Gasteiger partial charge in [-0.25, -0.2) is 0 Å². The maximum absolute atomic E-state index is 11.8. The number of Topliss-reactive ketones (excluding diaryl/α,β-unsaturated/α-hetero) is 2. The van der Waals surface area contributed by atoms with Crippen molar-refractivity contribution in [2.24, 2.45) is 5.92 Å². The van der Waals surface area contributed by atoms with Crippen LogP contribution in [-0.2, 0) is 9.59 Å². The van der Waals surface area contributed by atoms with E-state index in [-0.39, 0.29) is 23.5 Å². The fourth-order valence-corrected chi connectivity index (χ4v) is 1.87. The van der Waals surface area contributed by atoms with E-state index in [0.29, 0.717) is 6.54 Å². The number of ketones is 2. The molecule has 112 valence electrons. The van der Waals surface area contributed by atoms with E-state index in [9.17, 15) is 14.7 Å². The summed E-state index contributed by atoms with van der Waals surface area (Å²) in [5.74, 6) is -0.0198. The van der Waals surface area contributed by atoms with E-state index < -0.39 is 11.6 Å². The fourth-order valence-electron chi connectivity index (χ4n) is 1.87. The third-order valence-corrected chi connectivity index (χ3v) is 3.65. The lowest BCUT2D eigenvalue weighted by Crippen LogP contribution is -2.48. The summed E-state index contributed by atoms with van der Waals surface area (Å²) in [6.45, 7) is 9.34. The van der Waals surface area contributed by atoms with E-state index in [0.717, 1.165) is 6.42 Å². The molecule has 0 radical (unpaired) electrons. The summed E-state index contributed by atoms with van der Waals surface area (Å²) in [6, 6.07) is -0.359. The Kier molecular flexibility index (Phi) is 7.41. The van der Waals surface area contributed by atoms with Gasteiger partial charge in [0, 0.05) is 0 Å². The van der Waals surface area contributed by atoms with Gasteiger partial charge in [0.15, 0.2) is 5.78 Å². The monoisotopic (exact) mass is 272 g/mol. The normalized spacial score (nSPS) is 16.8. The summed E-state index contributed by atoms with van der Waals surface area (Å²) < 4.78 is 0. The Balaban J connectivity index is 4.33. The van der Waals surface area contributed by atoms with Gasteiger partial charge in [0.1, 0.15) is 11.9 Å². The van der Waals surface area contributed by atoms with Gasteiger partial charge in [0.25, 0.3) is 0 Å². The number of hydrogen-bond donors (Lipinski definition) is 3. The van der Waals surface area contributed by atoms with Crippen LogP contribution in [0.5, 0.6) is 0 Å². The van der Waals surface area contributed by atoms with Crippen LogP contribution >= 0.6 is 0 Å². The fraction of sp³-hybridized carbons (Fsp3) is 0.857. The van der Waals surface area contributed by atoms with Gasteiger partial charge >= 0.3 is 0 Å². The average molecular weight is 272 g/mol. The number of aliphatic hydroxyl groups excluding tert-OH is 1. The molecule has 0 bridgehead atoms. The van der Waals surface area contributed by atoms with Crippen molar-refractivity contribution in [1.29, 1.82) is 0 Å². The SMILES string of the molecule is CNC(C(=O)C(C)O)C(C)CCNC(C)(C)C(C)=O. The molecule has 5 heteroatoms. The summed E-state index contributed by atoms with van der Waals surface area (Å²) in [5, 5.41) is 15.5. The zero-order valence-corrected chi connectivity index (χ0v) is 12.9.